The molecular weight excluding hydrogens is 328 g/mol. The van der Waals surface area contributed by atoms with Gasteiger partial charge in [-0.05, 0) is 55.5 Å². The number of anilines is 1. The molecule has 2 aromatic rings. The highest BCUT2D eigenvalue weighted by atomic mass is 35.5. The molecule has 0 radical (unpaired) electrons. The van der Waals surface area contributed by atoms with Crippen LogP contribution in [0.2, 0.25) is 5.02 Å². The lowest BCUT2D eigenvalue weighted by Crippen LogP contribution is -2.30. The van der Waals surface area contributed by atoms with Gasteiger partial charge in [-0.2, -0.15) is 0 Å². The van der Waals surface area contributed by atoms with Crippen LogP contribution in [0.3, 0.4) is 0 Å². The Kier molecular flexibility index (Phi) is 5.82. The zero-order valence-electron chi connectivity index (χ0n) is 13.7. The van der Waals surface area contributed by atoms with Gasteiger partial charge >= 0.3 is 0 Å². The van der Waals surface area contributed by atoms with Crippen LogP contribution >= 0.6 is 11.6 Å². The van der Waals surface area contributed by atoms with E-state index < -0.39 is 6.10 Å². The van der Waals surface area contributed by atoms with Gasteiger partial charge in [0.25, 0.3) is 11.8 Å². The second kappa shape index (κ2) is 7.84. The molecule has 0 heterocycles. The molecule has 0 aliphatic rings. The maximum absolute atomic E-state index is 12.2. The number of ether oxygens (including phenoxy) is 1. The Bertz CT molecular complexity index is 712. The number of hydrogen-bond acceptors (Lipinski definition) is 3. The summed E-state index contributed by atoms with van der Waals surface area (Å²) in [5, 5.41) is 3.36. The molecule has 0 saturated heterocycles. The van der Waals surface area contributed by atoms with Crippen molar-refractivity contribution in [3.05, 3.63) is 59.1 Å². The number of hydrogen-bond donors (Lipinski definition) is 1. The Morgan fingerprint density at radius 2 is 1.62 bits per heavy atom. The molecule has 1 atom stereocenters. The third-order valence-electron chi connectivity index (χ3n) is 3.30. The number of carbonyl (C=O) groups is 2. The Hall–Kier alpha value is -2.53. The van der Waals surface area contributed by atoms with Gasteiger partial charge in [0.05, 0.1) is 0 Å². The van der Waals surface area contributed by atoms with Crippen molar-refractivity contribution in [3.63, 3.8) is 0 Å². The Morgan fingerprint density at radius 3 is 2.17 bits per heavy atom. The van der Waals surface area contributed by atoms with Crippen LogP contribution in [-0.2, 0) is 4.79 Å². The topological polar surface area (TPSA) is 58.6 Å². The first-order chi connectivity index (χ1) is 11.4. The van der Waals surface area contributed by atoms with Crippen molar-refractivity contribution in [1.82, 2.24) is 4.90 Å². The highest BCUT2D eigenvalue weighted by molar-refractivity contribution is 6.30. The summed E-state index contributed by atoms with van der Waals surface area (Å²) in [6.07, 6.45) is -0.672. The number of nitrogens with one attached hydrogen (secondary N) is 1. The van der Waals surface area contributed by atoms with Crippen molar-refractivity contribution in [2.24, 2.45) is 0 Å². The van der Waals surface area contributed by atoms with Crippen molar-refractivity contribution in [3.8, 4) is 5.75 Å². The summed E-state index contributed by atoms with van der Waals surface area (Å²) in [6.45, 7) is 1.66. The number of nitrogens with zero attached hydrogens (tertiary/aromatic N) is 1. The maximum Gasteiger partial charge on any atom is 0.265 e. The summed E-state index contributed by atoms with van der Waals surface area (Å²) in [5.41, 5.74) is 1.16. The smallest absolute Gasteiger partial charge is 0.265 e. The monoisotopic (exact) mass is 346 g/mol. The molecule has 24 heavy (non-hydrogen) atoms. The lowest BCUT2D eigenvalue weighted by Gasteiger charge is -2.15. The minimum absolute atomic E-state index is 0.0904. The first kappa shape index (κ1) is 17.8. The van der Waals surface area contributed by atoms with Gasteiger partial charge in [-0.3, -0.25) is 9.59 Å². The van der Waals surface area contributed by atoms with E-state index in [1.54, 1.807) is 69.6 Å². The number of rotatable bonds is 5. The van der Waals surface area contributed by atoms with E-state index in [9.17, 15) is 9.59 Å². The van der Waals surface area contributed by atoms with Gasteiger partial charge in [0, 0.05) is 30.4 Å². The minimum atomic E-state index is -0.672. The molecule has 0 bridgehead atoms. The molecule has 0 fully saturated rings. The summed E-state index contributed by atoms with van der Waals surface area (Å²) in [6, 6.07) is 13.5. The largest absolute Gasteiger partial charge is 0.481 e. The zero-order chi connectivity index (χ0) is 17.7. The number of halogens is 1. The average Bonchev–Trinajstić information content (AvgIpc) is 2.56. The Labute approximate surface area is 146 Å². The Morgan fingerprint density at radius 1 is 1.04 bits per heavy atom. The molecule has 0 aliphatic carbocycles. The lowest BCUT2D eigenvalue weighted by molar-refractivity contribution is -0.122. The van der Waals surface area contributed by atoms with E-state index in [-0.39, 0.29) is 11.8 Å². The van der Waals surface area contributed by atoms with E-state index in [1.165, 1.54) is 4.90 Å². The third-order valence-corrected chi connectivity index (χ3v) is 3.55. The maximum atomic E-state index is 12.2. The van der Waals surface area contributed by atoms with Gasteiger partial charge < -0.3 is 15.0 Å². The molecule has 0 aliphatic heterocycles. The molecule has 0 spiro atoms. The molecule has 0 aromatic heterocycles. The fourth-order valence-electron chi connectivity index (χ4n) is 1.97. The van der Waals surface area contributed by atoms with Gasteiger partial charge in [-0.15, -0.1) is 0 Å². The van der Waals surface area contributed by atoms with E-state index in [0.717, 1.165) is 0 Å². The third kappa shape index (κ3) is 4.73. The van der Waals surface area contributed by atoms with E-state index in [1.807, 2.05) is 0 Å². The fraction of sp³-hybridized carbons (Fsp3) is 0.222. The van der Waals surface area contributed by atoms with Crippen LogP contribution in [0.25, 0.3) is 0 Å². The summed E-state index contributed by atoms with van der Waals surface area (Å²) < 4.78 is 5.57. The van der Waals surface area contributed by atoms with E-state index >= 15 is 0 Å². The van der Waals surface area contributed by atoms with Gasteiger partial charge in [0.2, 0.25) is 0 Å². The summed E-state index contributed by atoms with van der Waals surface area (Å²) >= 11 is 5.81. The molecule has 0 saturated carbocycles. The molecular formula is C18H19ClN2O3. The van der Waals surface area contributed by atoms with Crippen molar-refractivity contribution >= 4 is 29.1 Å². The van der Waals surface area contributed by atoms with E-state index in [2.05, 4.69) is 5.32 Å². The van der Waals surface area contributed by atoms with Crippen LogP contribution in [0.1, 0.15) is 17.3 Å². The second-order valence-electron chi connectivity index (χ2n) is 5.48. The second-order valence-corrected chi connectivity index (χ2v) is 5.92. The van der Waals surface area contributed by atoms with Crippen molar-refractivity contribution in [2.45, 2.75) is 13.0 Å². The highest BCUT2D eigenvalue weighted by Crippen LogP contribution is 2.17. The molecule has 1 N–H and O–H groups in total. The van der Waals surface area contributed by atoms with Gasteiger partial charge in [-0.25, -0.2) is 0 Å². The van der Waals surface area contributed by atoms with Crippen molar-refractivity contribution < 1.29 is 14.3 Å². The standard InChI is InChI=1S/C18H19ClN2O3/c1-12(24-16-10-6-14(19)7-11-16)17(22)20-15-8-4-13(5-9-15)18(23)21(2)3/h4-12H,1-3H3,(H,20,22). The van der Waals surface area contributed by atoms with E-state index in [4.69, 9.17) is 16.3 Å². The average molecular weight is 347 g/mol. The van der Waals surface area contributed by atoms with Crippen LogP contribution in [-0.4, -0.2) is 36.9 Å². The molecule has 6 heteroatoms. The van der Waals surface area contributed by atoms with Crippen LogP contribution in [0.15, 0.2) is 48.5 Å². The van der Waals surface area contributed by atoms with Gasteiger partial charge in [0.15, 0.2) is 6.10 Å². The summed E-state index contributed by atoms with van der Waals surface area (Å²) in [5.74, 6) is 0.193. The van der Waals surface area contributed by atoms with Crippen LogP contribution in [0.4, 0.5) is 5.69 Å². The van der Waals surface area contributed by atoms with Crippen molar-refractivity contribution in [2.75, 3.05) is 19.4 Å². The van der Waals surface area contributed by atoms with Crippen LogP contribution < -0.4 is 10.1 Å². The van der Waals surface area contributed by atoms with Crippen LogP contribution in [0, 0.1) is 0 Å². The van der Waals surface area contributed by atoms with E-state index in [0.29, 0.717) is 22.0 Å². The SMILES string of the molecule is CC(Oc1ccc(Cl)cc1)C(=O)Nc1ccc(C(=O)N(C)C)cc1. The predicted molar refractivity (Wildman–Crippen MR) is 94.6 cm³/mol. The molecule has 2 amide bonds. The number of benzene rings is 2. The van der Waals surface area contributed by atoms with Crippen molar-refractivity contribution in [1.29, 1.82) is 0 Å². The lowest BCUT2D eigenvalue weighted by atomic mass is 10.2. The van der Waals surface area contributed by atoms with Gasteiger partial charge in [-0.1, -0.05) is 11.6 Å². The number of amides is 2. The quantitative estimate of drug-likeness (QED) is 0.902. The minimum Gasteiger partial charge on any atom is -0.481 e. The molecule has 2 rings (SSSR count). The highest BCUT2D eigenvalue weighted by Gasteiger charge is 2.15. The molecule has 2 aromatic carbocycles. The zero-order valence-corrected chi connectivity index (χ0v) is 14.5. The molecule has 126 valence electrons. The summed E-state index contributed by atoms with van der Waals surface area (Å²) in [4.78, 5) is 25.5. The first-order valence-electron chi connectivity index (χ1n) is 7.41. The Balaban J connectivity index is 1.96. The molecule has 1 unspecified atom stereocenters. The summed E-state index contributed by atoms with van der Waals surface area (Å²) in [7, 11) is 3.38. The predicted octanol–water partition coefficient (Wildman–Crippen LogP) is 3.45. The van der Waals surface area contributed by atoms with Gasteiger partial charge in [0.1, 0.15) is 5.75 Å². The molecule has 5 nitrogen and oxygen atoms in total. The normalized spacial score (nSPS) is 11.5. The first-order valence-corrected chi connectivity index (χ1v) is 7.79. The fourth-order valence-corrected chi connectivity index (χ4v) is 2.10. The van der Waals surface area contributed by atoms with Crippen LogP contribution in [0.5, 0.6) is 5.75 Å². The number of carbonyl (C=O) groups excluding carboxylic acids is 2.